The van der Waals surface area contributed by atoms with Gasteiger partial charge in [-0.1, -0.05) is 74.0 Å². The average molecular weight is 510 g/mol. The number of hydrogen-bond acceptors (Lipinski definition) is 5. The van der Waals surface area contributed by atoms with E-state index in [1.807, 2.05) is 24.3 Å². The SMILES string of the molecule is CC1C=c2ccc3c(c2C(C)C1S(=O)(=O)O)C(=O)C(c1ccc(Cl)c([N+](=O)[O-])c1)=c1ccccc1=3. The number of nitro groups is 1. The Hall–Kier alpha value is -3.33. The van der Waals surface area contributed by atoms with Gasteiger partial charge in [0.1, 0.15) is 5.02 Å². The molecule has 3 aromatic carbocycles. The summed E-state index contributed by atoms with van der Waals surface area (Å²) in [6.07, 6.45) is 1.76. The van der Waals surface area contributed by atoms with Crippen LogP contribution in [0.15, 0.2) is 54.6 Å². The van der Waals surface area contributed by atoms with E-state index < -0.39 is 32.1 Å². The molecule has 3 unspecified atom stereocenters. The van der Waals surface area contributed by atoms with Gasteiger partial charge in [-0.15, -0.1) is 0 Å². The van der Waals surface area contributed by atoms with E-state index in [-0.39, 0.29) is 22.1 Å². The van der Waals surface area contributed by atoms with E-state index >= 15 is 0 Å². The molecule has 1 N–H and O–H groups in total. The lowest BCUT2D eigenvalue weighted by molar-refractivity contribution is -0.384. The molecule has 2 aliphatic rings. The molecule has 2 aliphatic carbocycles. The zero-order chi connectivity index (χ0) is 25.2. The first-order valence-corrected chi connectivity index (χ1v) is 12.8. The highest BCUT2D eigenvalue weighted by Gasteiger charge is 2.40. The van der Waals surface area contributed by atoms with Gasteiger partial charge in [0.25, 0.3) is 15.8 Å². The Bertz CT molecular complexity index is 1780. The monoisotopic (exact) mass is 509 g/mol. The molecule has 7 nitrogen and oxygen atoms in total. The first-order valence-electron chi connectivity index (χ1n) is 10.9. The van der Waals surface area contributed by atoms with Crippen LogP contribution in [0.1, 0.15) is 41.3 Å². The smallest absolute Gasteiger partial charge is 0.288 e. The summed E-state index contributed by atoms with van der Waals surface area (Å²) in [6, 6.07) is 15.2. The zero-order valence-corrected chi connectivity index (χ0v) is 20.3. The first kappa shape index (κ1) is 23.4. The van der Waals surface area contributed by atoms with Crippen molar-refractivity contribution in [3.8, 4) is 0 Å². The number of Topliss-reactive ketones (excluding diaryl/α,β-unsaturated/α-hetero) is 1. The second kappa shape index (κ2) is 8.12. The third-order valence-electron chi connectivity index (χ3n) is 6.90. The van der Waals surface area contributed by atoms with Gasteiger partial charge < -0.3 is 0 Å². The normalized spacial score (nSPS) is 21.0. The maximum atomic E-state index is 14.1. The van der Waals surface area contributed by atoms with Gasteiger partial charge in [-0.25, -0.2) is 0 Å². The number of hydrogen-bond donors (Lipinski definition) is 1. The Balaban J connectivity index is 1.91. The molecule has 0 aliphatic heterocycles. The van der Waals surface area contributed by atoms with Crippen LogP contribution in [0.4, 0.5) is 5.69 Å². The van der Waals surface area contributed by atoms with Gasteiger partial charge in [0.2, 0.25) is 0 Å². The highest BCUT2D eigenvalue weighted by molar-refractivity contribution is 7.86. The number of rotatable bonds is 3. The molecule has 0 saturated heterocycles. The topological polar surface area (TPSA) is 115 Å². The van der Waals surface area contributed by atoms with Gasteiger partial charge in [0, 0.05) is 23.1 Å². The van der Waals surface area contributed by atoms with Crippen molar-refractivity contribution < 1.29 is 22.7 Å². The molecule has 0 amide bonds. The van der Waals surface area contributed by atoms with E-state index in [0.29, 0.717) is 27.1 Å². The number of halogens is 1. The standard InChI is InChI=1S/C26H20ClNO6S/c1-13-11-15-7-9-19-17-5-3-4-6-18(17)23(16-8-10-20(27)21(12-16)28(30)31)25(29)24(19)22(15)14(2)26(13)35(32,33)34/h3-14,26H,1-2H3,(H,32,33,34). The van der Waals surface area contributed by atoms with Crippen molar-refractivity contribution in [1.29, 1.82) is 0 Å². The highest BCUT2D eigenvalue weighted by Crippen LogP contribution is 2.36. The fourth-order valence-corrected chi connectivity index (χ4v) is 7.01. The number of carbonyl (C=O) groups excluding carboxylic acids is 1. The lowest BCUT2D eigenvalue weighted by Crippen LogP contribution is -2.40. The van der Waals surface area contributed by atoms with Crippen LogP contribution in [0.5, 0.6) is 0 Å². The van der Waals surface area contributed by atoms with Crippen LogP contribution >= 0.6 is 11.6 Å². The molecule has 178 valence electrons. The molecule has 0 bridgehead atoms. The number of ketones is 1. The summed E-state index contributed by atoms with van der Waals surface area (Å²) < 4.78 is 34.5. The van der Waals surface area contributed by atoms with E-state index in [4.69, 9.17) is 11.6 Å². The Morgan fingerprint density at radius 2 is 1.69 bits per heavy atom. The van der Waals surface area contributed by atoms with Crippen molar-refractivity contribution >= 4 is 44.8 Å². The molecular formula is C26H20ClNO6S. The van der Waals surface area contributed by atoms with Crippen LogP contribution in [-0.4, -0.2) is 28.9 Å². The van der Waals surface area contributed by atoms with Crippen molar-refractivity contribution in [2.75, 3.05) is 0 Å². The fourth-order valence-electron chi connectivity index (χ4n) is 5.55. The summed E-state index contributed by atoms with van der Waals surface area (Å²) in [4.78, 5) is 25.1. The van der Waals surface area contributed by atoms with E-state index in [2.05, 4.69) is 0 Å². The summed E-state index contributed by atoms with van der Waals surface area (Å²) >= 11 is 6.01. The lowest BCUT2D eigenvalue weighted by atomic mass is 9.77. The summed E-state index contributed by atoms with van der Waals surface area (Å²) in [7, 11) is -4.40. The van der Waals surface area contributed by atoms with Crippen molar-refractivity contribution in [3.05, 3.63) is 107 Å². The minimum Gasteiger partial charge on any atom is -0.289 e. The molecule has 0 saturated carbocycles. The zero-order valence-electron chi connectivity index (χ0n) is 18.7. The Kier molecular flexibility index (Phi) is 5.43. The van der Waals surface area contributed by atoms with Crippen LogP contribution in [0, 0.1) is 26.5 Å². The molecule has 0 heterocycles. The fraction of sp³-hybridized carbons (Fsp3) is 0.192. The van der Waals surface area contributed by atoms with Crippen molar-refractivity contribution in [2.45, 2.75) is 25.0 Å². The van der Waals surface area contributed by atoms with Crippen LogP contribution in [0.2, 0.25) is 5.02 Å². The van der Waals surface area contributed by atoms with Gasteiger partial charge in [-0.2, -0.15) is 8.42 Å². The predicted molar refractivity (Wildman–Crippen MR) is 132 cm³/mol. The summed E-state index contributed by atoms with van der Waals surface area (Å²) in [5.41, 5.74) is 1.19. The number of nitrogens with zero attached hydrogens (tertiary/aromatic N) is 1. The average Bonchev–Trinajstić information content (AvgIpc) is 2.78. The minimum atomic E-state index is -4.40. The molecule has 0 radical (unpaired) electrons. The molecule has 0 spiro atoms. The van der Waals surface area contributed by atoms with Crippen molar-refractivity contribution in [1.82, 2.24) is 0 Å². The third-order valence-corrected chi connectivity index (χ3v) is 8.75. The van der Waals surface area contributed by atoms with Crippen molar-refractivity contribution in [2.24, 2.45) is 5.92 Å². The van der Waals surface area contributed by atoms with Gasteiger partial charge in [-0.05, 0) is 44.0 Å². The van der Waals surface area contributed by atoms with Crippen LogP contribution < -0.4 is 10.4 Å². The van der Waals surface area contributed by atoms with E-state index in [0.717, 1.165) is 10.4 Å². The van der Waals surface area contributed by atoms with E-state index in [1.54, 1.807) is 38.1 Å². The van der Waals surface area contributed by atoms with E-state index in [9.17, 15) is 27.9 Å². The predicted octanol–water partition coefficient (Wildman–Crippen LogP) is 3.72. The molecule has 3 atom stereocenters. The second-order valence-corrected chi connectivity index (χ2v) is 10.9. The third kappa shape index (κ3) is 3.60. The van der Waals surface area contributed by atoms with E-state index in [1.165, 1.54) is 12.1 Å². The van der Waals surface area contributed by atoms with Gasteiger partial charge in [0.15, 0.2) is 5.78 Å². The molecule has 0 fully saturated rings. The largest absolute Gasteiger partial charge is 0.289 e. The lowest BCUT2D eigenvalue weighted by Gasteiger charge is -2.32. The molecule has 9 heteroatoms. The number of fused-ring (bicyclic) bond motifs is 4. The summed E-state index contributed by atoms with van der Waals surface area (Å²) in [6.45, 7) is 3.42. The molecule has 5 rings (SSSR count). The van der Waals surface area contributed by atoms with Gasteiger partial charge in [0.05, 0.1) is 10.2 Å². The van der Waals surface area contributed by atoms with Crippen LogP contribution in [-0.2, 0) is 10.1 Å². The molecule has 0 aromatic heterocycles. The molecule has 35 heavy (non-hydrogen) atoms. The first-order chi connectivity index (χ1) is 16.5. The van der Waals surface area contributed by atoms with Crippen LogP contribution in [0.25, 0.3) is 11.6 Å². The summed E-state index contributed by atoms with van der Waals surface area (Å²) in [5, 5.41) is 13.1. The van der Waals surface area contributed by atoms with Crippen LogP contribution in [0.3, 0.4) is 0 Å². The Morgan fingerprint density at radius 3 is 2.34 bits per heavy atom. The summed E-state index contributed by atoms with van der Waals surface area (Å²) in [5.74, 6) is -1.49. The Morgan fingerprint density at radius 1 is 1.00 bits per heavy atom. The quantitative estimate of drug-likeness (QED) is 0.327. The van der Waals surface area contributed by atoms with Gasteiger partial charge >= 0.3 is 0 Å². The minimum absolute atomic E-state index is 0.0399. The van der Waals surface area contributed by atoms with Gasteiger partial charge in [-0.3, -0.25) is 19.5 Å². The Labute approximate surface area is 205 Å². The second-order valence-electron chi connectivity index (χ2n) is 8.96. The number of benzene rings is 3. The molecule has 3 aromatic rings. The number of nitro benzene ring substituents is 1. The highest BCUT2D eigenvalue weighted by atomic mass is 35.5. The maximum absolute atomic E-state index is 14.1. The maximum Gasteiger partial charge on any atom is 0.288 e. The van der Waals surface area contributed by atoms with Crippen molar-refractivity contribution in [3.63, 3.8) is 0 Å². The number of carbonyl (C=O) groups is 1. The molecular weight excluding hydrogens is 490 g/mol.